The van der Waals surface area contributed by atoms with E-state index in [0.717, 1.165) is 42.2 Å². The van der Waals surface area contributed by atoms with Gasteiger partial charge in [0.2, 0.25) is 5.91 Å². The molecule has 0 saturated carbocycles. The summed E-state index contributed by atoms with van der Waals surface area (Å²) in [6.07, 6.45) is 4.03. The van der Waals surface area contributed by atoms with Crippen LogP contribution in [0.1, 0.15) is 30.0 Å². The molecule has 1 atom stereocenters. The zero-order valence-corrected chi connectivity index (χ0v) is 13.5. The number of halogens is 1. The first-order valence-electron chi connectivity index (χ1n) is 7.64. The molecule has 1 saturated heterocycles. The van der Waals surface area contributed by atoms with Gasteiger partial charge in [0.1, 0.15) is 0 Å². The number of rotatable bonds is 4. The summed E-state index contributed by atoms with van der Waals surface area (Å²) in [5, 5.41) is 4.93. The number of nitrogens with zero attached hydrogens (tertiary/aromatic N) is 3. The highest BCUT2D eigenvalue weighted by molar-refractivity contribution is 6.31. The van der Waals surface area contributed by atoms with Crippen molar-refractivity contribution in [3.8, 4) is 0 Å². The average molecular weight is 318 g/mol. The highest BCUT2D eigenvalue weighted by atomic mass is 35.5. The van der Waals surface area contributed by atoms with Crippen LogP contribution in [-0.4, -0.2) is 33.7 Å². The van der Waals surface area contributed by atoms with Crippen LogP contribution in [0.4, 0.5) is 0 Å². The molecule has 0 bridgehead atoms. The molecule has 5 heteroatoms. The lowest BCUT2D eigenvalue weighted by atomic mass is 9.98. The topological polar surface area (TPSA) is 38.1 Å². The molecule has 22 heavy (non-hydrogen) atoms. The Morgan fingerprint density at radius 1 is 1.36 bits per heavy atom. The first-order chi connectivity index (χ1) is 10.6. The minimum absolute atomic E-state index is 0.218. The summed E-state index contributed by atoms with van der Waals surface area (Å²) in [5.41, 5.74) is 2.25. The Morgan fingerprint density at radius 2 is 2.18 bits per heavy atom. The summed E-state index contributed by atoms with van der Waals surface area (Å²) < 4.78 is 1.82. The molecule has 3 rings (SSSR count). The maximum absolute atomic E-state index is 12.4. The van der Waals surface area contributed by atoms with Crippen molar-refractivity contribution in [1.29, 1.82) is 0 Å². The zero-order chi connectivity index (χ0) is 15.5. The van der Waals surface area contributed by atoms with Crippen LogP contribution < -0.4 is 0 Å². The van der Waals surface area contributed by atoms with E-state index in [4.69, 9.17) is 11.6 Å². The van der Waals surface area contributed by atoms with E-state index in [1.54, 1.807) is 6.20 Å². The Hall–Kier alpha value is -1.81. The lowest BCUT2D eigenvalue weighted by molar-refractivity contribution is -0.130. The Morgan fingerprint density at radius 3 is 2.91 bits per heavy atom. The highest BCUT2D eigenvalue weighted by Crippen LogP contribution is 2.32. The first kappa shape index (κ1) is 15.1. The fourth-order valence-corrected chi connectivity index (χ4v) is 3.38. The third kappa shape index (κ3) is 3.17. The Labute approximate surface area is 135 Å². The summed E-state index contributed by atoms with van der Waals surface area (Å²) in [6.45, 7) is 1.59. The van der Waals surface area contributed by atoms with Gasteiger partial charge in [-0.15, -0.1) is 0 Å². The summed E-state index contributed by atoms with van der Waals surface area (Å²) in [7, 11) is 1.91. The number of benzene rings is 1. The van der Waals surface area contributed by atoms with Crippen LogP contribution >= 0.6 is 11.6 Å². The number of aryl methyl sites for hydroxylation is 2. The summed E-state index contributed by atoms with van der Waals surface area (Å²) in [4.78, 5) is 14.3. The fourth-order valence-electron chi connectivity index (χ4n) is 3.09. The van der Waals surface area contributed by atoms with Crippen LogP contribution in [0.5, 0.6) is 0 Å². The second-order valence-electron chi connectivity index (χ2n) is 5.79. The van der Waals surface area contributed by atoms with Gasteiger partial charge in [-0.25, -0.2) is 0 Å². The molecule has 1 aromatic carbocycles. The van der Waals surface area contributed by atoms with E-state index in [1.165, 1.54) is 0 Å². The molecule has 0 radical (unpaired) electrons. The van der Waals surface area contributed by atoms with Crippen LogP contribution in [0.25, 0.3) is 0 Å². The van der Waals surface area contributed by atoms with Crippen molar-refractivity contribution in [3.05, 3.63) is 52.8 Å². The standard InChI is InChI=1S/C17H20ClN3O/c1-20-14(8-10-19-20)6-7-17(22)21-11-9-13(12-21)15-4-2-3-5-16(15)18/h2-5,8,10,13H,6-7,9,11-12H2,1H3/t13-/m0/s1. The Kier molecular flexibility index (Phi) is 4.48. The largest absolute Gasteiger partial charge is 0.342 e. The lowest BCUT2D eigenvalue weighted by Gasteiger charge is -2.17. The van der Waals surface area contributed by atoms with Crippen LogP contribution in [-0.2, 0) is 18.3 Å². The van der Waals surface area contributed by atoms with Gasteiger partial charge in [-0.3, -0.25) is 9.48 Å². The van der Waals surface area contributed by atoms with E-state index in [9.17, 15) is 4.79 Å². The highest BCUT2D eigenvalue weighted by Gasteiger charge is 2.28. The number of likely N-dealkylation sites (tertiary alicyclic amines) is 1. The molecule has 2 aromatic rings. The molecule has 0 N–H and O–H groups in total. The molecule has 1 fully saturated rings. The number of hydrogen-bond acceptors (Lipinski definition) is 2. The van der Waals surface area contributed by atoms with Crippen LogP contribution in [0, 0.1) is 0 Å². The minimum atomic E-state index is 0.218. The molecule has 1 amide bonds. The maximum Gasteiger partial charge on any atom is 0.222 e. The van der Waals surface area contributed by atoms with Crippen molar-refractivity contribution >= 4 is 17.5 Å². The zero-order valence-electron chi connectivity index (χ0n) is 12.7. The van der Waals surface area contributed by atoms with Gasteiger partial charge in [0.05, 0.1) is 0 Å². The molecular formula is C17H20ClN3O. The smallest absolute Gasteiger partial charge is 0.222 e. The van der Waals surface area contributed by atoms with Gasteiger partial charge in [0.25, 0.3) is 0 Å². The summed E-state index contributed by atoms with van der Waals surface area (Å²) in [6, 6.07) is 9.90. The molecule has 0 spiro atoms. The van der Waals surface area contributed by atoms with Crippen LogP contribution in [0.15, 0.2) is 36.5 Å². The summed E-state index contributed by atoms with van der Waals surface area (Å²) in [5.74, 6) is 0.574. The molecule has 2 heterocycles. The molecular weight excluding hydrogens is 298 g/mol. The second-order valence-corrected chi connectivity index (χ2v) is 6.20. The van der Waals surface area contributed by atoms with Gasteiger partial charge in [0.15, 0.2) is 0 Å². The van der Waals surface area contributed by atoms with Gasteiger partial charge >= 0.3 is 0 Å². The number of amides is 1. The number of carbonyl (C=O) groups excluding carboxylic acids is 1. The van der Waals surface area contributed by atoms with Crippen LogP contribution in [0.2, 0.25) is 5.02 Å². The van der Waals surface area contributed by atoms with Gasteiger partial charge in [-0.2, -0.15) is 5.10 Å². The normalized spacial score (nSPS) is 17.9. The molecule has 1 aliphatic rings. The fraction of sp³-hybridized carbons (Fsp3) is 0.412. The second kappa shape index (κ2) is 6.53. The monoisotopic (exact) mass is 317 g/mol. The average Bonchev–Trinajstić information content (AvgIpc) is 3.14. The van der Waals surface area contributed by atoms with E-state index >= 15 is 0 Å². The molecule has 1 aliphatic heterocycles. The van der Waals surface area contributed by atoms with Crippen LogP contribution in [0.3, 0.4) is 0 Å². The molecule has 1 aromatic heterocycles. The van der Waals surface area contributed by atoms with E-state index in [-0.39, 0.29) is 5.91 Å². The van der Waals surface area contributed by atoms with E-state index in [2.05, 4.69) is 11.2 Å². The molecule has 0 aliphatic carbocycles. The minimum Gasteiger partial charge on any atom is -0.342 e. The van der Waals surface area contributed by atoms with Crippen molar-refractivity contribution in [3.63, 3.8) is 0 Å². The van der Waals surface area contributed by atoms with Gasteiger partial charge in [0, 0.05) is 49.4 Å². The van der Waals surface area contributed by atoms with Crippen molar-refractivity contribution in [2.45, 2.75) is 25.2 Å². The summed E-state index contributed by atoms with van der Waals surface area (Å²) >= 11 is 6.26. The van der Waals surface area contributed by atoms with Crippen molar-refractivity contribution in [2.75, 3.05) is 13.1 Å². The third-order valence-electron chi connectivity index (χ3n) is 4.40. The Balaban J connectivity index is 1.57. The van der Waals surface area contributed by atoms with Gasteiger partial charge in [-0.1, -0.05) is 29.8 Å². The lowest BCUT2D eigenvalue weighted by Crippen LogP contribution is -2.28. The van der Waals surface area contributed by atoms with Gasteiger partial charge in [-0.05, 0) is 30.5 Å². The Bertz CT molecular complexity index is 667. The predicted molar refractivity (Wildman–Crippen MR) is 86.9 cm³/mol. The van der Waals surface area contributed by atoms with E-state index in [0.29, 0.717) is 12.3 Å². The van der Waals surface area contributed by atoms with Crippen molar-refractivity contribution in [1.82, 2.24) is 14.7 Å². The van der Waals surface area contributed by atoms with Gasteiger partial charge < -0.3 is 4.90 Å². The quantitative estimate of drug-likeness (QED) is 0.869. The molecule has 116 valence electrons. The SMILES string of the molecule is Cn1nccc1CCC(=O)N1CC[C@H](c2ccccc2Cl)C1. The predicted octanol–water partition coefficient (Wildman–Crippen LogP) is 3.02. The van der Waals surface area contributed by atoms with Crippen molar-refractivity contribution in [2.24, 2.45) is 7.05 Å². The molecule has 0 unspecified atom stereocenters. The number of hydrogen-bond donors (Lipinski definition) is 0. The van der Waals surface area contributed by atoms with E-state index in [1.807, 2.05) is 40.9 Å². The third-order valence-corrected chi connectivity index (χ3v) is 4.75. The first-order valence-corrected chi connectivity index (χ1v) is 8.02. The van der Waals surface area contributed by atoms with E-state index < -0.39 is 0 Å². The number of carbonyl (C=O) groups is 1. The number of aromatic nitrogens is 2. The van der Waals surface area contributed by atoms with Crippen molar-refractivity contribution < 1.29 is 4.79 Å². The molecule has 4 nitrogen and oxygen atoms in total. The maximum atomic E-state index is 12.4.